The first-order valence-corrected chi connectivity index (χ1v) is 12.4. The number of anilines is 2. The molecule has 0 saturated heterocycles. The molecule has 0 atom stereocenters. The van der Waals surface area contributed by atoms with E-state index in [9.17, 15) is 4.79 Å². The van der Waals surface area contributed by atoms with Crippen LogP contribution in [0.2, 0.25) is 0 Å². The molecule has 3 aromatic rings. The summed E-state index contributed by atoms with van der Waals surface area (Å²) < 4.78 is 0. The number of carbonyl (C=O) groups is 1. The second-order valence-electron chi connectivity index (χ2n) is 8.69. The second kappa shape index (κ2) is 13.6. The molecule has 4 N–H and O–H groups in total. The summed E-state index contributed by atoms with van der Waals surface area (Å²) in [6.45, 7) is 0.821. The van der Waals surface area contributed by atoms with Gasteiger partial charge in [-0.25, -0.2) is 0 Å². The first-order valence-electron chi connectivity index (χ1n) is 12.4. The number of benzene rings is 2. The molecule has 0 bridgehead atoms. The lowest BCUT2D eigenvalue weighted by atomic mass is 10.0. The van der Waals surface area contributed by atoms with Crippen molar-refractivity contribution in [2.45, 2.75) is 64.2 Å². The van der Waals surface area contributed by atoms with Gasteiger partial charge in [0, 0.05) is 24.3 Å². The van der Waals surface area contributed by atoms with Crippen LogP contribution in [0.5, 0.6) is 0 Å². The molecule has 0 radical (unpaired) electrons. The van der Waals surface area contributed by atoms with E-state index in [1.165, 1.54) is 56.9 Å². The Bertz CT molecular complexity index is 1000. The average Bonchev–Trinajstić information content (AvgIpc) is 2.85. The largest absolute Gasteiger partial charge is 0.355 e. The van der Waals surface area contributed by atoms with Gasteiger partial charge < -0.3 is 16.4 Å². The molecule has 176 valence electrons. The highest BCUT2D eigenvalue weighted by Gasteiger charge is 2.15. The first kappa shape index (κ1) is 24.7. The molecular weight excluding hydrogens is 408 g/mol. The van der Waals surface area contributed by atoms with Crippen LogP contribution in [0.3, 0.4) is 0 Å². The zero-order valence-corrected chi connectivity index (χ0v) is 19.9. The third-order valence-electron chi connectivity index (χ3n) is 6.12. The summed E-state index contributed by atoms with van der Waals surface area (Å²) >= 11 is 0. The molecule has 0 fully saturated rings. The SMILES string of the molecule is CNC(=O)c1cnc2ccc(CCCCCCCCCCCN)cc2c1Nc1ccccc1. The molecule has 2 aromatic carbocycles. The van der Waals surface area contributed by atoms with Gasteiger partial charge in [0.25, 0.3) is 5.91 Å². The molecule has 1 heterocycles. The van der Waals surface area contributed by atoms with Crippen molar-refractivity contribution in [3.63, 3.8) is 0 Å². The minimum absolute atomic E-state index is 0.142. The van der Waals surface area contributed by atoms with Crippen molar-refractivity contribution >= 4 is 28.2 Å². The highest BCUT2D eigenvalue weighted by Crippen LogP contribution is 2.30. The highest BCUT2D eigenvalue weighted by atomic mass is 16.1. The van der Waals surface area contributed by atoms with Gasteiger partial charge >= 0.3 is 0 Å². The van der Waals surface area contributed by atoms with Gasteiger partial charge in [-0.2, -0.15) is 0 Å². The number of hydrogen-bond acceptors (Lipinski definition) is 4. The number of hydrogen-bond donors (Lipinski definition) is 3. The summed E-state index contributed by atoms with van der Waals surface area (Å²) in [7, 11) is 1.65. The van der Waals surface area contributed by atoms with Crippen molar-refractivity contribution in [1.82, 2.24) is 10.3 Å². The number of unbranched alkanes of at least 4 members (excludes halogenated alkanes) is 8. The van der Waals surface area contributed by atoms with Crippen LogP contribution >= 0.6 is 0 Å². The van der Waals surface area contributed by atoms with E-state index in [-0.39, 0.29) is 5.91 Å². The number of amides is 1. The van der Waals surface area contributed by atoms with Gasteiger partial charge in [0.1, 0.15) is 0 Å². The number of nitrogens with one attached hydrogen (secondary N) is 2. The molecule has 3 rings (SSSR count). The fourth-order valence-corrected chi connectivity index (χ4v) is 4.21. The number of pyridine rings is 1. The van der Waals surface area contributed by atoms with Crippen LogP contribution in [-0.2, 0) is 6.42 Å². The van der Waals surface area contributed by atoms with Crippen molar-refractivity contribution in [3.8, 4) is 0 Å². The fourth-order valence-electron chi connectivity index (χ4n) is 4.21. The van der Waals surface area contributed by atoms with E-state index in [2.05, 4.69) is 33.8 Å². The Morgan fingerprint density at radius 3 is 2.21 bits per heavy atom. The van der Waals surface area contributed by atoms with Crippen LogP contribution in [0.4, 0.5) is 11.4 Å². The Kier molecular flexibility index (Phi) is 10.2. The van der Waals surface area contributed by atoms with Crippen LogP contribution in [0.1, 0.15) is 73.7 Å². The molecule has 5 heteroatoms. The maximum Gasteiger partial charge on any atom is 0.254 e. The lowest BCUT2D eigenvalue weighted by Crippen LogP contribution is -2.19. The van der Waals surface area contributed by atoms with Crippen molar-refractivity contribution in [2.24, 2.45) is 5.73 Å². The van der Waals surface area contributed by atoms with E-state index in [1.54, 1.807) is 13.2 Å². The Balaban J connectivity index is 1.63. The normalized spacial score (nSPS) is 11.0. The number of aromatic nitrogens is 1. The number of para-hydroxylation sites is 1. The monoisotopic (exact) mass is 446 g/mol. The first-order chi connectivity index (χ1) is 16.2. The Labute approximate surface area is 198 Å². The number of aryl methyl sites for hydroxylation is 1. The summed E-state index contributed by atoms with van der Waals surface area (Å²) in [6.07, 6.45) is 14.2. The molecule has 33 heavy (non-hydrogen) atoms. The van der Waals surface area contributed by atoms with Gasteiger partial charge in [-0.15, -0.1) is 0 Å². The zero-order chi connectivity index (χ0) is 23.3. The number of carbonyl (C=O) groups excluding carboxylic acids is 1. The molecule has 5 nitrogen and oxygen atoms in total. The fraction of sp³-hybridized carbons (Fsp3) is 0.429. The minimum Gasteiger partial charge on any atom is -0.355 e. The van der Waals surface area contributed by atoms with E-state index in [0.717, 1.165) is 41.7 Å². The molecule has 0 aliphatic carbocycles. The quantitative estimate of drug-likeness (QED) is 0.252. The minimum atomic E-state index is -0.142. The Morgan fingerprint density at radius 2 is 1.55 bits per heavy atom. The summed E-state index contributed by atoms with van der Waals surface area (Å²) in [4.78, 5) is 17.1. The predicted octanol–water partition coefficient (Wildman–Crippen LogP) is 6.35. The van der Waals surface area contributed by atoms with Gasteiger partial charge in [0.05, 0.1) is 16.8 Å². The summed E-state index contributed by atoms with van der Waals surface area (Å²) in [5.74, 6) is -0.142. The van der Waals surface area contributed by atoms with Gasteiger partial charge in [-0.05, 0) is 55.6 Å². The van der Waals surface area contributed by atoms with E-state index in [0.29, 0.717) is 5.56 Å². The maximum atomic E-state index is 12.5. The standard InChI is InChI=1S/C28H38N4O/c1-30-28(33)25-21-31-26-18-17-22(14-10-7-5-3-2-4-6-8-13-19-29)20-24(26)27(25)32-23-15-11-9-12-16-23/h9,11-12,15-18,20-21H,2-8,10,13-14,19,29H2,1H3,(H,30,33)(H,31,32). The van der Waals surface area contributed by atoms with Gasteiger partial charge in [0.2, 0.25) is 0 Å². The van der Waals surface area contributed by atoms with Crippen molar-refractivity contribution in [3.05, 3.63) is 65.9 Å². The van der Waals surface area contributed by atoms with Crippen LogP contribution < -0.4 is 16.4 Å². The number of rotatable bonds is 14. The number of nitrogens with zero attached hydrogens (tertiary/aromatic N) is 1. The number of fused-ring (bicyclic) bond motifs is 1. The van der Waals surface area contributed by atoms with E-state index >= 15 is 0 Å². The third kappa shape index (κ3) is 7.57. The lowest BCUT2D eigenvalue weighted by Gasteiger charge is -2.15. The van der Waals surface area contributed by atoms with E-state index < -0.39 is 0 Å². The van der Waals surface area contributed by atoms with Crippen molar-refractivity contribution in [1.29, 1.82) is 0 Å². The van der Waals surface area contributed by atoms with Crippen LogP contribution in [0.15, 0.2) is 54.7 Å². The summed E-state index contributed by atoms with van der Waals surface area (Å²) in [6, 6.07) is 16.4. The third-order valence-corrected chi connectivity index (χ3v) is 6.12. The van der Waals surface area contributed by atoms with Crippen molar-refractivity contribution in [2.75, 3.05) is 18.9 Å². The van der Waals surface area contributed by atoms with Crippen molar-refractivity contribution < 1.29 is 4.79 Å². The number of nitrogens with two attached hydrogens (primary N) is 1. The van der Waals surface area contributed by atoms with Crippen LogP contribution in [0, 0.1) is 0 Å². The zero-order valence-electron chi connectivity index (χ0n) is 19.9. The summed E-state index contributed by atoms with van der Waals surface area (Å²) in [5.41, 5.74) is 10.0. The molecule has 0 spiro atoms. The molecule has 0 unspecified atom stereocenters. The maximum absolute atomic E-state index is 12.5. The van der Waals surface area contributed by atoms with Crippen LogP contribution in [-0.4, -0.2) is 24.5 Å². The van der Waals surface area contributed by atoms with Gasteiger partial charge in [0.15, 0.2) is 0 Å². The average molecular weight is 447 g/mol. The van der Waals surface area contributed by atoms with E-state index in [1.807, 2.05) is 30.3 Å². The molecule has 0 aliphatic rings. The van der Waals surface area contributed by atoms with Crippen LogP contribution in [0.25, 0.3) is 10.9 Å². The predicted molar refractivity (Wildman–Crippen MR) is 139 cm³/mol. The Morgan fingerprint density at radius 1 is 0.879 bits per heavy atom. The topological polar surface area (TPSA) is 80.0 Å². The molecule has 0 aliphatic heterocycles. The van der Waals surface area contributed by atoms with E-state index in [4.69, 9.17) is 5.73 Å². The van der Waals surface area contributed by atoms with Gasteiger partial charge in [-0.3, -0.25) is 9.78 Å². The molecule has 0 saturated carbocycles. The molecule has 1 aromatic heterocycles. The molecular formula is C28H38N4O. The smallest absolute Gasteiger partial charge is 0.254 e. The lowest BCUT2D eigenvalue weighted by molar-refractivity contribution is 0.0963. The second-order valence-corrected chi connectivity index (χ2v) is 8.69. The summed E-state index contributed by atoms with van der Waals surface area (Å²) in [5, 5.41) is 7.18. The Hall–Kier alpha value is -2.92. The molecule has 1 amide bonds. The highest BCUT2D eigenvalue weighted by molar-refractivity contribution is 6.08. The van der Waals surface area contributed by atoms with Gasteiger partial charge in [-0.1, -0.05) is 69.2 Å².